The molecule has 1 heterocycles. The van der Waals surface area contributed by atoms with E-state index in [0.717, 1.165) is 49.9 Å². The van der Waals surface area contributed by atoms with E-state index in [4.69, 9.17) is 0 Å². The SMILES string of the molecule is O=C(CN(C1CC1)C1CCCc2ccccc21)NCc1ccc(C(=O)N2CCCC2)cc1. The molecule has 2 aliphatic carbocycles. The van der Waals surface area contributed by atoms with Crippen molar-refractivity contribution in [3.05, 3.63) is 70.8 Å². The van der Waals surface area contributed by atoms with Gasteiger partial charge >= 0.3 is 0 Å². The van der Waals surface area contributed by atoms with Gasteiger partial charge in [-0.05, 0) is 73.8 Å². The van der Waals surface area contributed by atoms with Crippen LogP contribution in [-0.2, 0) is 17.8 Å². The van der Waals surface area contributed by atoms with E-state index in [2.05, 4.69) is 34.5 Å². The second kappa shape index (κ2) is 9.45. The van der Waals surface area contributed by atoms with E-state index in [1.165, 1.54) is 30.4 Å². The first-order valence-corrected chi connectivity index (χ1v) is 12.2. The number of fused-ring (bicyclic) bond motifs is 1. The number of hydrogen-bond acceptors (Lipinski definition) is 3. The third-order valence-corrected chi connectivity index (χ3v) is 7.16. The van der Waals surface area contributed by atoms with Crippen LogP contribution >= 0.6 is 0 Å². The quantitative estimate of drug-likeness (QED) is 0.719. The van der Waals surface area contributed by atoms with Gasteiger partial charge in [-0.15, -0.1) is 0 Å². The van der Waals surface area contributed by atoms with E-state index < -0.39 is 0 Å². The highest BCUT2D eigenvalue weighted by molar-refractivity contribution is 5.94. The molecular weight excluding hydrogens is 398 g/mol. The minimum Gasteiger partial charge on any atom is -0.351 e. The van der Waals surface area contributed by atoms with Crippen molar-refractivity contribution in [2.24, 2.45) is 0 Å². The van der Waals surface area contributed by atoms with E-state index in [1.807, 2.05) is 29.2 Å². The maximum atomic E-state index is 12.8. The lowest BCUT2D eigenvalue weighted by Gasteiger charge is -2.35. The molecule has 0 radical (unpaired) electrons. The van der Waals surface area contributed by atoms with Crippen LogP contribution in [0.5, 0.6) is 0 Å². The first kappa shape index (κ1) is 21.2. The second-order valence-corrected chi connectivity index (χ2v) is 9.48. The molecule has 2 amide bonds. The molecule has 1 saturated heterocycles. The number of carbonyl (C=O) groups excluding carboxylic acids is 2. The molecule has 5 nitrogen and oxygen atoms in total. The highest BCUT2D eigenvalue weighted by Gasteiger charge is 2.37. The van der Waals surface area contributed by atoms with Gasteiger partial charge in [0.25, 0.3) is 5.91 Å². The largest absolute Gasteiger partial charge is 0.351 e. The molecule has 32 heavy (non-hydrogen) atoms. The van der Waals surface area contributed by atoms with E-state index in [0.29, 0.717) is 25.2 Å². The maximum absolute atomic E-state index is 12.8. The minimum atomic E-state index is 0.0807. The van der Waals surface area contributed by atoms with Crippen LogP contribution in [0, 0.1) is 0 Å². The topological polar surface area (TPSA) is 52.7 Å². The molecule has 1 N–H and O–H groups in total. The first-order valence-electron chi connectivity index (χ1n) is 12.2. The van der Waals surface area contributed by atoms with Crippen molar-refractivity contribution >= 4 is 11.8 Å². The molecule has 3 aliphatic rings. The third-order valence-electron chi connectivity index (χ3n) is 7.16. The molecule has 2 aromatic carbocycles. The Morgan fingerprint density at radius 2 is 1.69 bits per heavy atom. The van der Waals surface area contributed by atoms with Crippen LogP contribution in [0.15, 0.2) is 48.5 Å². The summed E-state index contributed by atoms with van der Waals surface area (Å²) in [6.45, 7) is 2.67. The number of nitrogens with zero attached hydrogens (tertiary/aromatic N) is 2. The zero-order valence-electron chi connectivity index (χ0n) is 18.8. The predicted molar refractivity (Wildman–Crippen MR) is 125 cm³/mol. The summed E-state index contributed by atoms with van der Waals surface area (Å²) in [5.74, 6) is 0.197. The third kappa shape index (κ3) is 4.73. The fourth-order valence-corrected chi connectivity index (χ4v) is 5.26. The van der Waals surface area contributed by atoms with Gasteiger partial charge in [0.2, 0.25) is 5.91 Å². The highest BCUT2D eigenvalue weighted by Crippen LogP contribution is 2.40. The van der Waals surface area contributed by atoms with E-state index in [1.54, 1.807) is 0 Å². The molecule has 2 aromatic rings. The van der Waals surface area contributed by atoms with Crippen LogP contribution in [0.2, 0.25) is 0 Å². The molecule has 0 spiro atoms. The monoisotopic (exact) mass is 431 g/mol. The minimum absolute atomic E-state index is 0.0807. The molecule has 168 valence electrons. The van der Waals surface area contributed by atoms with Crippen molar-refractivity contribution in [2.75, 3.05) is 19.6 Å². The molecule has 5 rings (SSSR count). The Bertz CT molecular complexity index is 961. The van der Waals surface area contributed by atoms with Gasteiger partial charge in [-0.1, -0.05) is 36.4 Å². The standard InChI is InChI=1S/C27H33N3O2/c31-26(28-18-20-10-12-22(13-11-20)27(32)29-16-3-4-17-29)19-30(23-14-15-23)25-9-5-7-21-6-1-2-8-24(21)25/h1-2,6,8,10-13,23,25H,3-5,7,9,14-19H2,(H,28,31). The smallest absolute Gasteiger partial charge is 0.253 e. The van der Waals surface area contributed by atoms with Gasteiger partial charge in [-0.25, -0.2) is 0 Å². The van der Waals surface area contributed by atoms with Crippen LogP contribution < -0.4 is 5.32 Å². The average Bonchev–Trinajstić information content (AvgIpc) is 3.53. The first-order chi connectivity index (χ1) is 15.7. The van der Waals surface area contributed by atoms with Crippen LogP contribution in [-0.4, -0.2) is 47.3 Å². The Morgan fingerprint density at radius 3 is 2.44 bits per heavy atom. The molecule has 1 unspecified atom stereocenters. The Morgan fingerprint density at radius 1 is 0.938 bits per heavy atom. The average molecular weight is 432 g/mol. The van der Waals surface area contributed by atoms with Gasteiger partial charge in [0, 0.05) is 37.3 Å². The molecular formula is C27H33N3O2. The summed E-state index contributed by atoms with van der Waals surface area (Å²) in [7, 11) is 0. The highest BCUT2D eigenvalue weighted by atomic mass is 16.2. The summed E-state index contributed by atoms with van der Waals surface area (Å²) in [6.07, 6.45) is 8.05. The van der Waals surface area contributed by atoms with E-state index in [-0.39, 0.29) is 11.8 Å². The Labute approximate surface area is 190 Å². The van der Waals surface area contributed by atoms with Crippen molar-refractivity contribution in [2.45, 2.75) is 63.6 Å². The zero-order chi connectivity index (χ0) is 21.9. The Balaban J connectivity index is 1.18. The molecule has 1 aliphatic heterocycles. The van der Waals surface area contributed by atoms with Gasteiger partial charge in [0.05, 0.1) is 6.54 Å². The Kier molecular flexibility index (Phi) is 6.26. The number of benzene rings is 2. The normalized spacial score (nSPS) is 20.3. The van der Waals surface area contributed by atoms with Crippen molar-refractivity contribution in [1.29, 1.82) is 0 Å². The summed E-state index contributed by atoms with van der Waals surface area (Å²) in [6, 6.07) is 17.3. The lowest BCUT2D eigenvalue weighted by atomic mass is 9.86. The van der Waals surface area contributed by atoms with Crippen molar-refractivity contribution in [3.63, 3.8) is 0 Å². The number of nitrogens with one attached hydrogen (secondary N) is 1. The summed E-state index contributed by atoms with van der Waals surface area (Å²) in [5, 5.41) is 3.10. The molecule has 5 heteroatoms. The predicted octanol–water partition coefficient (Wildman–Crippen LogP) is 4.08. The fourth-order valence-electron chi connectivity index (χ4n) is 5.26. The summed E-state index contributed by atoms with van der Waals surface area (Å²) < 4.78 is 0. The van der Waals surface area contributed by atoms with E-state index in [9.17, 15) is 9.59 Å². The molecule has 0 bridgehead atoms. The number of aryl methyl sites for hydroxylation is 1. The molecule has 2 fully saturated rings. The van der Waals surface area contributed by atoms with Gasteiger partial charge in [-0.2, -0.15) is 0 Å². The maximum Gasteiger partial charge on any atom is 0.253 e. The number of amides is 2. The van der Waals surface area contributed by atoms with Crippen LogP contribution in [0.3, 0.4) is 0 Å². The van der Waals surface area contributed by atoms with Gasteiger partial charge < -0.3 is 10.2 Å². The zero-order valence-corrected chi connectivity index (χ0v) is 18.8. The number of carbonyl (C=O) groups is 2. The molecule has 1 atom stereocenters. The second-order valence-electron chi connectivity index (χ2n) is 9.48. The van der Waals surface area contributed by atoms with Crippen LogP contribution in [0.4, 0.5) is 0 Å². The van der Waals surface area contributed by atoms with Gasteiger partial charge in [-0.3, -0.25) is 14.5 Å². The number of likely N-dealkylation sites (tertiary alicyclic amines) is 1. The van der Waals surface area contributed by atoms with Crippen molar-refractivity contribution in [1.82, 2.24) is 15.1 Å². The number of hydrogen-bond donors (Lipinski definition) is 1. The summed E-state index contributed by atoms with van der Waals surface area (Å²) >= 11 is 0. The van der Waals surface area contributed by atoms with Gasteiger partial charge in [0.15, 0.2) is 0 Å². The lowest BCUT2D eigenvalue weighted by molar-refractivity contribution is -0.123. The molecule has 1 saturated carbocycles. The van der Waals surface area contributed by atoms with Crippen LogP contribution in [0.1, 0.15) is 71.6 Å². The summed E-state index contributed by atoms with van der Waals surface area (Å²) in [5.41, 5.74) is 4.62. The Hall–Kier alpha value is -2.66. The van der Waals surface area contributed by atoms with E-state index >= 15 is 0 Å². The fraction of sp³-hybridized carbons (Fsp3) is 0.481. The molecule has 0 aromatic heterocycles. The summed E-state index contributed by atoms with van der Waals surface area (Å²) in [4.78, 5) is 29.7. The van der Waals surface area contributed by atoms with Crippen molar-refractivity contribution in [3.8, 4) is 0 Å². The number of rotatable bonds is 7. The van der Waals surface area contributed by atoms with Crippen LogP contribution in [0.25, 0.3) is 0 Å². The van der Waals surface area contributed by atoms with Gasteiger partial charge in [0.1, 0.15) is 0 Å². The van der Waals surface area contributed by atoms with Crippen molar-refractivity contribution < 1.29 is 9.59 Å². The lowest BCUT2D eigenvalue weighted by Crippen LogP contribution is -2.41.